The van der Waals surface area contributed by atoms with E-state index < -0.39 is 23.8 Å². The van der Waals surface area contributed by atoms with Crippen LogP contribution in [0.2, 0.25) is 5.02 Å². The molecule has 0 spiro atoms. The Balaban J connectivity index is 1.48. The van der Waals surface area contributed by atoms with Crippen LogP contribution in [0.4, 0.5) is 0 Å². The van der Waals surface area contributed by atoms with Gasteiger partial charge in [0.05, 0.1) is 29.1 Å². The molecule has 0 aliphatic carbocycles. The van der Waals surface area contributed by atoms with Gasteiger partial charge in [-0.05, 0) is 54.5 Å². The SMILES string of the molecule is COc1cc2c(c3[nH]c4cc5ccccc5cc4c(=O)c13)C(O)C(OC(=O)/C=C/c1ccccc1Cl)C(C)(C)O2. The van der Waals surface area contributed by atoms with Crippen LogP contribution in [-0.4, -0.2) is 34.9 Å². The summed E-state index contributed by atoms with van der Waals surface area (Å²) in [7, 11) is 1.48. The zero-order valence-corrected chi connectivity index (χ0v) is 22.8. The largest absolute Gasteiger partial charge is 0.496 e. The molecule has 1 aromatic heterocycles. The summed E-state index contributed by atoms with van der Waals surface area (Å²) in [5.74, 6) is -0.0324. The van der Waals surface area contributed by atoms with Crippen LogP contribution in [0.25, 0.3) is 38.7 Å². The number of nitrogens with one attached hydrogen (secondary N) is 1. The minimum absolute atomic E-state index is 0.248. The highest BCUT2D eigenvalue weighted by Crippen LogP contribution is 2.47. The first-order valence-electron chi connectivity index (χ1n) is 12.8. The van der Waals surface area contributed by atoms with Crippen molar-refractivity contribution in [3.63, 3.8) is 0 Å². The number of H-pyrrole nitrogens is 1. The Morgan fingerprint density at radius 3 is 2.50 bits per heavy atom. The number of rotatable bonds is 4. The van der Waals surface area contributed by atoms with Gasteiger partial charge in [-0.3, -0.25) is 4.79 Å². The molecule has 2 unspecified atom stereocenters. The number of fused-ring (bicyclic) bond motifs is 5. The van der Waals surface area contributed by atoms with Crippen molar-refractivity contribution in [1.82, 2.24) is 4.98 Å². The number of aliphatic hydroxyl groups excluding tert-OH is 1. The van der Waals surface area contributed by atoms with E-state index in [4.69, 9.17) is 25.8 Å². The van der Waals surface area contributed by atoms with Crippen molar-refractivity contribution in [1.29, 1.82) is 0 Å². The molecule has 2 heterocycles. The topological polar surface area (TPSA) is 97.9 Å². The molecule has 40 heavy (non-hydrogen) atoms. The molecule has 0 radical (unpaired) electrons. The van der Waals surface area contributed by atoms with Crippen LogP contribution in [-0.2, 0) is 9.53 Å². The molecule has 4 aromatic carbocycles. The minimum Gasteiger partial charge on any atom is -0.496 e. The van der Waals surface area contributed by atoms with Crippen LogP contribution < -0.4 is 14.9 Å². The monoisotopic (exact) mass is 555 g/mol. The van der Waals surface area contributed by atoms with Gasteiger partial charge in [-0.15, -0.1) is 0 Å². The highest BCUT2D eigenvalue weighted by molar-refractivity contribution is 6.32. The van der Waals surface area contributed by atoms with E-state index in [1.165, 1.54) is 13.2 Å². The lowest BCUT2D eigenvalue weighted by molar-refractivity contribution is -0.171. The third-order valence-electron chi connectivity index (χ3n) is 7.32. The van der Waals surface area contributed by atoms with Crippen molar-refractivity contribution in [3.05, 3.63) is 99.2 Å². The summed E-state index contributed by atoms with van der Waals surface area (Å²) < 4.78 is 17.6. The van der Waals surface area contributed by atoms with Crippen molar-refractivity contribution < 1.29 is 24.1 Å². The molecule has 6 rings (SSSR count). The smallest absolute Gasteiger partial charge is 0.331 e. The van der Waals surface area contributed by atoms with Crippen molar-refractivity contribution in [2.75, 3.05) is 7.11 Å². The third-order valence-corrected chi connectivity index (χ3v) is 7.66. The van der Waals surface area contributed by atoms with Gasteiger partial charge in [0.1, 0.15) is 23.2 Å². The number of benzene rings is 4. The first kappa shape index (κ1) is 25.9. The predicted molar refractivity (Wildman–Crippen MR) is 156 cm³/mol. The van der Waals surface area contributed by atoms with Crippen molar-refractivity contribution in [2.45, 2.75) is 31.7 Å². The van der Waals surface area contributed by atoms with E-state index in [1.807, 2.05) is 42.5 Å². The van der Waals surface area contributed by atoms with Gasteiger partial charge in [0.25, 0.3) is 0 Å². The number of methoxy groups -OCH3 is 1. The number of ether oxygens (including phenoxy) is 3. The summed E-state index contributed by atoms with van der Waals surface area (Å²) in [6.07, 6.45) is 0.413. The van der Waals surface area contributed by atoms with E-state index in [1.54, 1.807) is 44.2 Å². The maximum atomic E-state index is 13.8. The summed E-state index contributed by atoms with van der Waals surface area (Å²) in [5.41, 5.74) is 0.572. The van der Waals surface area contributed by atoms with E-state index in [0.717, 1.165) is 10.8 Å². The second-order valence-corrected chi connectivity index (χ2v) is 10.7. The van der Waals surface area contributed by atoms with Gasteiger partial charge in [0, 0.05) is 22.6 Å². The van der Waals surface area contributed by atoms with Crippen molar-refractivity contribution in [2.24, 2.45) is 0 Å². The summed E-state index contributed by atoms with van der Waals surface area (Å²) >= 11 is 6.19. The van der Waals surface area contributed by atoms with Crippen LogP contribution in [0, 0.1) is 0 Å². The van der Waals surface area contributed by atoms with Crippen LogP contribution in [0.15, 0.2) is 77.6 Å². The van der Waals surface area contributed by atoms with Gasteiger partial charge < -0.3 is 24.3 Å². The normalized spacial score (nSPS) is 18.1. The van der Waals surface area contributed by atoms with Crippen molar-refractivity contribution >= 4 is 56.2 Å². The maximum absolute atomic E-state index is 13.8. The highest BCUT2D eigenvalue weighted by atomic mass is 35.5. The molecule has 1 aliphatic rings. The Morgan fingerprint density at radius 2 is 1.77 bits per heavy atom. The highest BCUT2D eigenvalue weighted by Gasteiger charge is 2.47. The number of aromatic amines is 1. The summed E-state index contributed by atoms with van der Waals surface area (Å²) in [4.78, 5) is 30.0. The van der Waals surface area contributed by atoms with Crippen LogP contribution in [0.3, 0.4) is 0 Å². The molecule has 0 saturated heterocycles. The molecule has 2 N–H and O–H groups in total. The fourth-order valence-electron chi connectivity index (χ4n) is 5.36. The Hall–Kier alpha value is -4.33. The second kappa shape index (κ2) is 9.70. The maximum Gasteiger partial charge on any atom is 0.331 e. The molecule has 7 nitrogen and oxygen atoms in total. The summed E-state index contributed by atoms with van der Waals surface area (Å²) in [6, 6.07) is 20.2. The standard InChI is InChI=1S/C32H26ClNO6/c1-32(2)31(39-25(35)13-12-17-8-6-7-11-21(17)33)30(37)27-24(40-32)16-23(38-3)26-28(27)34-22-15-19-10-5-4-9-18(19)14-20(22)29(26)36/h4-16,30-31,37H,1-3H3,(H,34,36)/b13-12+. The summed E-state index contributed by atoms with van der Waals surface area (Å²) in [6.45, 7) is 3.45. The second-order valence-electron chi connectivity index (χ2n) is 10.3. The Bertz CT molecular complexity index is 1910. The number of esters is 1. The molecule has 0 amide bonds. The van der Waals surface area contributed by atoms with E-state index in [2.05, 4.69) is 4.98 Å². The zero-order chi connectivity index (χ0) is 28.2. The molecule has 0 saturated carbocycles. The number of aliphatic hydroxyl groups is 1. The van der Waals surface area contributed by atoms with Crippen molar-refractivity contribution in [3.8, 4) is 11.5 Å². The van der Waals surface area contributed by atoms with E-state index in [-0.39, 0.29) is 10.8 Å². The first-order valence-corrected chi connectivity index (χ1v) is 13.2. The molecule has 2 atom stereocenters. The van der Waals surface area contributed by atoms with Crippen LogP contribution in [0.1, 0.15) is 31.1 Å². The molecule has 8 heteroatoms. The predicted octanol–water partition coefficient (Wildman–Crippen LogP) is 6.33. The number of aromatic nitrogens is 1. The van der Waals surface area contributed by atoms with E-state index in [9.17, 15) is 14.7 Å². The number of hydrogen-bond donors (Lipinski definition) is 2. The minimum atomic E-state index is -1.31. The summed E-state index contributed by atoms with van der Waals surface area (Å²) in [5, 5.41) is 14.8. The van der Waals surface area contributed by atoms with Gasteiger partial charge in [0.15, 0.2) is 6.10 Å². The van der Waals surface area contributed by atoms with Gasteiger partial charge in [0.2, 0.25) is 5.43 Å². The quantitative estimate of drug-likeness (QED) is 0.153. The number of carbonyl (C=O) groups is 1. The molecular weight excluding hydrogens is 530 g/mol. The lowest BCUT2D eigenvalue weighted by atomic mass is 9.86. The van der Waals surface area contributed by atoms with Gasteiger partial charge in [-0.25, -0.2) is 4.79 Å². The van der Waals surface area contributed by atoms with Gasteiger partial charge >= 0.3 is 5.97 Å². The fourth-order valence-corrected chi connectivity index (χ4v) is 5.56. The number of hydrogen-bond acceptors (Lipinski definition) is 6. The first-order chi connectivity index (χ1) is 19.2. The molecule has 0 fully saturated rings. The molecule has 202 valence electrons. The van der Waals surface area contributed by atoms with Crippen LogP contribution in [0.5, 0.6) is 11.5 Å². The molecular formula is C32H26ClNO6. The Morgan fingerprint density at radius 1 is 1.07 bits per heavy atom. The third kappa shape index (κ3) is 4.28. The molecule has 0 bridgehead atoms. The van der Waals surface area contributed by atoms with E-state index in [0.29, 0.717) is 44.1 Å². The number of halogens is 1. The lowest BCUT2D eigenvalue weighted by Crippen LogP contribution is -2.51. The lowest BCUT2D eigenvalue weighted by Gasteiger charge is -2.42. The number of carbonyl (C=O) groups excluding carboxylic acids is 1. The molecule has 1 aliphatic heterocycles. The fraction of sp³-hybridized carbons (Fsp3) is 0.188. The average Bonchev–Trinajstić information content (AvgIpc) is 2.93. The molecule has 5 aromatic rings. The number of pyridine rings is 1. The Labute approximate surface area is 234 Å². The average molecular weight is 556 g/mol. The Kier molecular flexibility index (Phi) is 6.28. The van der Waals surface area contributed by atoms with Gasteiger partial charge in [-0.1, -0.05) is 54.1 Å². The van der Waals surface area contributed by atoms with Gasteiger partial charge in [-0.2, -0.15) is 0 Å². The zero-order valence-electron chi connectivity index (χ0n) is 22.0. The van der Waals surface area contributed by atoms with E-state index >= 15 is 0 Å². The van der Waals surface area contributed by atoms with Crippen LogP contribution >= 0.6 is 11.6 Å².